The number of nitrogens with zero attached hydrogens (tertiary/aromatic N) is 1. The predicted molar refractivity (Wildman–Crippen MR) is 76.4 cm³/mol. The number of amides is 1. The lowest BCUT2D eigenvalue weighted by molar-refractivity contribution is -0.149. The molecule has 2 fully saturated rings. The Morgan fingerprint density at radius 2 is 1.86 bits per heavy atom. The lowest BCUT2D eigenvalue weighted by Crippen LogP contribution is -2.59. The summed E-state index contributed by atoms with van der Waals surface area (Å²) in [5.41, 5.74) is 5.14. The molecule has 21 heavy (non-hydrogen) atoms. The van der Waals surface area contributed by atoms with Crippen molar-refractivity contribution in [3.8, 4) is 0 Å². The number of aliphatic carboxylic acids is 1. The number of carbonyl (C=O) groups excluding carboxylic acids is 1. The summed E-state index contributed by atoms with van der Waals surface area (Å²) in [6.45, 7) is -0.488. The summed E-state index contributed by atoms with van der Waals surface area (Å²) >= 11 is 0. The van der Waals surface area contributed by atoms with Gasteiger partial charge in [-0.15, -0.1) is 0 Å². The van der Waals surface area contributed by atoms with Crippen LogP contribution in [0.4, 0.5) is 0 Å². The molecule has 1 saturated heterocycles. The topological polar surface area (TPSA) is 118 Å². The fourth-order valence-electron chi connectivity index (χ4n) is 3.22. The molecule has 120 valence electrons. The second-order valence-electron chi connectivity index (χ2n) is 6.10. The van der Waals surface area contributed by atoms with Crippen LogP contribution in [0.2, 0.25) is 0 Å². The Balaban J connectivity index is 2.19. The Labute approximate surface area is 124 Å². The van der Waals surface area contributed by atoms with E-state index in [-0.39, 0.29) is 17.9 Å². The van der Waals surface area contributed by atoms with Crippen molar-refractivity contribution in [1.29, 1.82) is 0 Å². The number of hydrogen-bond donors (Lipinski definition) is 2. The lowest BCUT2D eigenvalue weighted by atomic mass is 9.81. The van der Waals surface area contributed by atoms with Gasteiger partial charge in [-0.3, -0.25) is 9.59 Å². The Morgan fingerprint density at radius 3 is 2.33 bits per heavy atom. The quantitative estimate of drug-likeness (QED) is 0.738. The molecule has 1 heterocycles. The maximum Gasteiger partial charge on any atom is 0.323 e. The first-order valence-corrected chi connectivity index (χ1v) is 9.08. The van der Waals surface area contributed by atoms with Crippen molar-refractivity contribution in [2.24, 2.45) is 5.73 Å². The third kappa shape index (κ3) is 3.74. The van der Waals surface area contributed by atoms with E-state index >= 15 is 0 Å². The van der Waals surface area contributed by atoms with Crippen molar-refractivity contribution in [3.05, 3.63) is 0 Å². The summed E-state index contributed by atoms with van der Waals surface area (Å²) in [6.07, 6.45) is 4.04. The van der Waals surface area contributed by atoms with Crippen LogP contribution in [0.1, 0.15) is 38.5 Å². The first-order chi connectivity index (χ1) is 9.73. The summed E-state index contributed by atoms with van der Waals surface area (Å²) in [5.74, 6) is -1.72. The number of sulfone groups is 1. The third-order valence-corrected chi connectivity index (χ3v) is 6.14. The Bertz CT molecular complexity index is 525. The minimum Gasteiger partial charge on any atom is -0.480 e. The average molecular weight is 318 g/mol. The first kappa shape index (κ1) is 16.2. The molecule has 1 atom stereocenters. The van der Waals surface area contributed by atoms with Crippen LogP contribution in [-0.4, -0.2) is 59.9 Å². The van der Waals surface area contributed by atoms with Crippen LogP contribution in [0.25, 0.3) is 0 Å². The van der Waals surface area contributed by atoms with Gasteiger partial charge in [0.2, 0.25) is 5.91 Å². The number of carbonyl (C=O) groups is 2. The molecule has 1 unspecified atom stereocenters. The van der Waals surface area contributed by atoms with E-state index in [2.05, 4.69) is 0 Å². The third-order valence-electron chi connectivity index (χ3n) is 4.39. The Morgan fingerprint density at radius 1 is 1.24 bits per heavy atom. The predicted octanol–water partition coefficient (Wildman–Crippen LogP) is -0.252. The molecule has 1 aliphatic heterocycles. The molecule has 0 aromatic carbocycles. The highest BCUT2D eigenvalue weighted by Gasteiger charge is 2.43. The molecule has 1 saturated carbocycles. The van der Waals surface area contributed by atoms with E-state index in [1.54, 1.807) is 0 Å². The maximum atomic E-state index is 12.7. The highest BCUT2D eigenvalue weighted by atomic mass is 32.2. The van der Waals surface area contributed by atoms with Gasteiger partial charge in [-0.2, -0.15) is 0 Å². The Hall–Kier alpha value is -1.15. The largest absolute Gasteiger partial charge is 0.480 e. The van der Waals surface area contributed by atoms with Gasteiger partial charge in [0.1, 0.15) is 6.54 Å². The molecule has 0 bridgehead atoms. The molecule has 0 aromatic heterocycles. The highest BCUT2D eigenvalue weighted by Crippen LogP contribution is 2.29. The van der Waals surface area contributed by atoms with Gasteiger partial charge < -0.3 is 15.7 Å². The van der Waals surface area contributed by atoms with Crippen LogP contribution < -0.4 is 5.73 Å². The van der Waals surface area contributed by atoms with Gasteiger partial charge in [0.25, 0.3) is 0 Å². The van der Waals surface area contributed by atoms with E-state index in [0.717, 1.165) is 19.3 Å². The zero-order valence-electron chi connectivity index (χ0n) is 12.0. The van der Waals surface area contributed by atoms with Crippen molar-refractivity contribution in [2.45, 2.75) is 50.1 Å². The van der Waals surface area contributed by atoms with Crippen LogP contribution in [-0.2, 0) is 19.4 Å². The molecular formula is C13H22N2O5S. The van der Waals surface area contributed by atoms with Crippen molar-refractivity contribution in [3.63, 3.8) is 0 Å². The standard InChI is InChI=1S/C13H22N2O5S/c14-13(5-2-1-3-6-13)12(18)15(8-11(16)17)10-4-7-21(19,20)9-10/h10H,1-9,14H2,(H,16,17). The van der Waals surface area contributed by atoms with Gasteiger partial charge in [-0.25, -0.2) is 8.42 Å². The zero-order chi connectivity index (χ0) is 15.7. The minimum absolute atomic E-state index is 0.00135. The molecule has 0 spiro atoms. The summed E-state index contributed by atoms with van der Waals surface area (Å²) in [5, 5.41) is 9.02. The molecule has 3 N–H and O–H groups in total. The summed E-state index contributed by atoms with van der Waals surface area (Å²) in [7, 11) is -3.19. The van der Waals surface area contributed by atoms with Crippen LogP contribution >= 0.6 is 0 Å². The number of carboxylic acids is 1. The molecule has 0 radical (unpaired) electrons. The lowest BCUT2D eigenvalue weighted by Gasteiger charge is -2.38. The summed E-state index contributed by atoms with van der Waals surface area (Å²) in [4.78, 5) is 24.9. The van der Waals surface area contributed by atoms with Crippen molar-refractivity contribution in [1.82, 2.24) is 4.90 Å². The molecule has 2 rings (SSSR count). The van der Waals surface area contributed by atoms with E-state index < -0.39 is 39.8 Å². The molecule has 0 aromatic rings. The van der Waals surface area contributed by atoms with E-state index in [1.807, 2.05) is 0 Å². The fourth-order valence-corrected chi connectivity index (χ4v) is 4.95. The molecule has 8 heteroatoms. The van der Waals surface area contributed by atoms with E-state index in [0.29, 0.717) is 12.8 Å². The van der Waals surface area contributed by atoms with Crippen LogP contribution in [0, 0.1) is 0 Å². The summed E-state index contributed by atoms with van der Waals surface area (Å²) in [6, 6.07) is -0.569. The molecule has 1 aliphatic carbocycles. The molecule has 1 amide bonds. The Kier molecular flexibility index (Phi) is 4.57. The number of rotatable bonds is 4. The van der Waals surface area contributed by atoms with Crippen molar-refractivity contribution in [2.75, 3.05) is 18.1 Å². The van der Waals surface area contributed by atoms with E-state index in [9.17, 15) is 18.0 Å². The van der Waals surface area contributed by atoms with Gasteiger partial charge in [0, 0.05) is 6.04 Å². The van der Waals surface area contributed by atoms with Crippen LogP contribution in [0.5, 0.6) is 0 Å². The van der Waals surface area contributed by atoms with Crippen LogP contribution in [0.15, 0.2) is 0 Å². The monoisotopic (exact) mass is 318 g/mol. The summed E-state index contributed by atoms with van der Waals surface area (Å²) < 4.78 is 23.2. The smallest absolute Gasteiger partial charge is 0.323 e. The van der Waals surface area contributed by atoms with Gasteiger partial charge in [0.05, 0.1) is 17.0 Å². The van der Waals surface area contributed by atoms with Crippen LogP contribution in [0.3, 0.4) is 0 Å². The zero-order valence-corrected chi connectivity index (χ0v) is 12.8. The van der Waals surface area contributed by atoms with Crippen molar-refractivity contribution < 1.29 is 23.1 Å². The second kappa shape index (κ2) is 5.92. The minimum atomic E-state index is -3.19. The fraction of sp³-hybridized carbons (Fsp3) is 0.846. The maximum absolute atomic E-state index is 12.7. The van der Waals surface area contributed by atoms with Gasteiger partial charge in [-0.1, -0.05) is 19.3 Å². The van der Waals surface area contributed by atoms with E-state index in [4.69, 9.17) is 10.8 Å². The van der Waals surface area contributed by atoms with E-state index in [1.165, 1.54) is 4.90 Å². The second-order valence-corrected chi connectivity index (χ2v) is 8.33. The normalized spacial score (nSPS) is 27.2. The average Bonchev–Trinajstić information content (AvgIpc) is 2.76. The molecule has 7 nitrogen and oxygen atoms in total. The van der Waals surface area contributed by atoms with Crippen molar-refractivity contribution >= 4 is 21.7 Å². The number of nitrogens with two attached hydrogens (primary N) is 1. The highest BCUT2D eigenvalue weighted by molar-refractivity contribution is 7.91. The number of carboxylic acid groups (broad SMARTS) is 1. The number of hydrogen-bond acceptors (Lipinski definition) is 5. The molecule has 2 aliphatic rings. The SMILES string of the molecule is NC1(C(=O)N(CC(=O)O)C2CCS(=O)(=O)C2)CCCCC1. The molecular weight excluding hydrogens is 296 g/mol. The first-order valence-electron chi connectivity index (χ1n) is 7.26. The van der Waals surface area contributed by atoms with Gasteiger partial charge in [-0.05, 0) is 19.3 Å². The van der Waals surface area contributed by atoms with Gasteiger partial charge in [0.15, 0.2) is 9.84 Å². The van der Waals surface area contributed by atoms with Gasteiger partial charge >= 0.3 is 5.97 Å².